The van der Waals surface area contributed by atoms with E-state index in [-0.39, 0.29) is 30.2 Å². The van der Waals surface area contributed by atoms with Crippen LogP contribution in [0.25, 0.3) is 0 Å². The first-order valence-corrected chi connectivity index (χ1v) is 8.91. The third kappa shape index (κ3) is 6.22. The summed E-state index contributed by atoms with van der Waals surface area (Å²) in [5.41, 5.74) is 11.9. The molecule has 2 aromatic rings. The lowest BCUT2D eigenvalue weighted by Crippen LogP contribution is -2.41. The number of aliphatic carboxylic acids is 2. The summed E-state index contributed by atoms with van der Waals surface area (Å²) in [5, 5.41) is 23.1. The largest absolute Gasteiger partial charge is 0.481 e. The molecule has 12 nitrogen and oxygen atoms in total. The van der Waals surface area contributed by atoms with Gasteiger partial charge in [0.15, 0.2) is 0 Å². The van der Waals surface area contributed by atoms with Crippen LogP contribution in [-0.4, -0.2) is 50.6 Å². The number of nitrogens with two attached hydrogens (primary N) is 2. The summed E-state index contributed by atoms with van der Waals surface area (Å²) in [7, 11) is 0. The van der Waals surface area contributed by atoms with Crippen molar-refractivity contribution in [3.63, 3.8) is 0 Å². The number of benzene rings is 1. The quantitative estimate of drug-likeness (QED) is 0.266. The Morgan fingerprint density at radius 1 is 1.13 bits per heavy atom. The molecule has 1 aromatic heterocycles. The van der Waals surface area contributed by atoms with Gasteiger partial charge in [-0.15, -0.1) is 0 Å². The van der Waals surface area contributed by atoms with Gasteiger partial charge in [-0.05, 0) is 37.1 Å². The number of anilines is 3. The highest BCUT2D eigenvalue weighted by atomic mass is 16.4. The molecule has 0 fully saturated rings. The summed E-state index contributed by atoms with van der Waals surface area (Å²) in [6.45, 7) is 0.362. The van der Waals surface area contributed by atoms with Crippen molar-refractivity contribution in [3.05, 3.63) is 45.7 Å². The molecule has 0 unspecified atom stereocenters. The Bertz CT molecular complexity index is 988. The molecule has 0 aliphatic carbocycles. The van der Waals surface area contributed by atoms with Crippen LogP contribution in [0.2, 0.25) is 0 Å². The fourth-order valence-corrected chi connectivity index (χ4v) is 2.61. The Labute approximate surface area is 170 Å². The molecule has 9 N–H and O–H groups in total. The molecule has 0 aliphatic rings. The van der Waals surface area contributed by atoms with E-state index >= 15 is 0 Å². The Morgan fingerprint density at radius 2 is 1.80 bits per heavy atom. The standard InChI is InChI=1S/C18H22N6O6/c19-14-11(16(28)24-18(20)23-14)7-8-21-10-3-1-9(2-4-10)15(27)22-12(17(29)30)5-6-13(25)26/h1-4,12,21H,5-8H2,(H,22,27)(H,25,26)(H,29,30)(H5,19,20,23,24,28)/t12-/m0/s1. The van der Waals surface area contributed by atoms with Crippen molar-refractivity contribution in [2.24, 2.45) is 0 Å². The lowest BCUT2D eigenvalue weighted by Gasteiger charge is -2.14. The first-order valence-electron chi connectivity index (χ1n) is 8.91. The zero-order valence-corrected chi connectivity index (χ0v) is 15.8. The third-order valence-corrected chi connectivity index (χ3v) is 4.17. The zero-order valence-electron chi connectivity index (χ0n) is 15.8. The van der Waals surface area contributed by atoms with Gasteiger partial charge >= 0.3 is 11.9 Å². The molecule has 0 radical (unpaired) electrons. The highest BCUT2D eigenvalue weighted by Crippen LogP contribution is 2.11. The second-order valence-electron chi connectivity index (χ2n) is 6.37. The van der Waals surface area contributed by atoms with Crippen molar-refractivity contribution in [2.75, 3.05) is 23.3 Å². The van der Waals surface area contributed by atoms with E-state index in [2.05, 4.69) is 20.6 Å². The summed E-state index contributed by atoms with van der Waals surface area (Å²) in [6.07, 6.45) is -0.310. The summed E-state index contributed by atoms with van der Waals surface area (Å²) < 4.78 is 0. The van der Waals surface area contributed by atoms with Crippen molar-refractivity contribution in [1.29, 1.82) is 0 Å². The molecular weight excluding hydrogens is 396 g/mol. The number of carbonyl (C=O) groups is 3. The Balaban J connectivity index is 1.92. The highest BCUT2D eigenvalue weighted by molar-refractivity contribution is 5.96. The summed E-state index contributed by atoms with van der Waals surface area (Å²) >= 11 is 0. The van der Waals surface area contributed by atoms with E-state index in [1.165, 1.54) is 12.1 Å². The molecule has 1 aromatic carbocycles. The first-order chi connectivity index (χ1) is 14.2. The molecule has 2 rings (SSSR count). The topological polar surface area (TPSA) is 214 Å². The molecule has 0 saturated heterocycles. The highest BCUT2D eigenvalue weighted by Gasteiger charge is 2.21. The Morgan fingerprint density at radius 3 is 2.37 bits per heavy atom. The van der Waals surface area contributed by atoms with Crippen LogP contribution >= 0.6 is 0 Å². The number of aromatic amines is 1. The van der Waals surface area contributed by atoms with E-state index in [9.17, 15) is 19.2 Å². The van der Waals surface area contributed by atoms with E-state index in [1.807, 2.05) is 0 Å². The van der Waals surface area contributed by atoms with E-state index < -0.39 is 29.4 Å². The molecule has 12 heteroatoms. The maximum atomic E-state index is 12.2. The smallest absolute Gasteiger partial charge is 0.326 e. The van der Waals surface area contributed by atoms with Crippen molar-refractivity contribution in [2.45, 2.75) is 25.3 Å². The van der Waals surface area contributed by atoms with Gasteiger partial charge < -0.3 is 32.3 Å². The van der Waals surface area contributed by atoms with Gasteiger partial charge in [-0.1, -0.05) is 0 Å². The van der Waals surface area contributed by atoms with Gasteiger partial charge in [-0.3, -0.25) is 19.4 Å². The zero-order chi connectivity index (χ0) is 22.3. The van der Waals surface area contributed by atoms with Crippen LogP contribution in [0.1, 0.15) is 28.8 Å². The Kier molecular flexibility index (Phi) is 7.33. The van der Waals surface area contributed by atoms with Crippen LogP contribution in [0, 0.1) is 0 Å². The van der Waals surface area contributed by atoms with Gasteiger partial charge in [-0.25, -0.2) is 4.79 Å². The molecule has 0 saturated carbocycles. The minimum Gasteiger partial charge on any atom is -0.481 e. The molecule has 0 spiro atoms. The number of nitrogen functional groups attached to an aromatic ring is 2. The number of carboxylic acid groups (broad SMARTS) is 2. The second kappa shape index (κ2) is 9.91. The van der Waals surface area contributed by atoms with Gasteiger partial charge in [0.25, 0.3) is 11.5 Å². The summed E-state index contributed by atoms with van der Waals surface area (Å²) in [5.74, 6) is -3.09. The van der Waals surface area contributed by atoms with E-state index in [0.717, 1.165) is 0 Å². The number of rotatable bonds is 10. The van der Waals surface area contributed by atoms with E-state index in [0.29, 0.717) is 24.2 Å². The van der Waals surface area contributed by atoms with Gasteiger partial charge in [0.1, 0.15) is 11.9 Å². The SMILES string of the molecule is Nc1nc(N)c(CCNc2ccc(C(=O)N[C@@H](CCC(=O)O)C(=O)O)cc2)c(=O)[nH]1. The van der Waals surface area contributed by atoms with E-state index in [4.69, 9.17) is 21.7 Å². The number of carbonyl (C=O) groups excluding carboxylic acids is 1. The predicted octanol–water partition coefficient (Wildman–Crippen LogP) is -0.363. The molecule has 1 atom stereocenters. The van der Waals surface area contributed by atoms with E-state index in [1.54, 1.807) is 12.1 Å². The number of nitrogens with zero attached hydrogens (tertiary/aromatic N) is 1. The van der Waals surface area contributed by atoms with Crippen molar-refractivity contribution >= 4 is 35.3 Å². The molecule has 160 valence electrons. The lowest BCUT2D eigenvalue weighted by molar-refractivity contribution is -0.140. The van der Waals surface area contributed by atoms with Gasteiger partial charge in [-0.2, -0.15) is 4.98 Å². The maximum absolute atomic E-state index is 12.2. The summed E-state index contributed by atoms with van der Waals surface area (Å²) in [4.78, 5) is 52.0. The molecule has 0 aliphatic heterocycles. The van der Waals surface area contributed by atoms with Crippen LogP contribution in [-0.2, 0) is 16.0 Å². The average molecular weight is 418 g/mol. The molecular formula is C18H22N6O6. The number of amides is 1. The number of aromatic nitrogens is 2. The number of nitrogens with one attached hydrogen (secondary N) is 3. The Hall–Kier alpha value is -4.09. The van der Waals surface area contributed by atoms with Gasteiger partial charge in [0, 0.05) is 24.2 Å². The van der Waals surface area contributed by atoms with Gasteiger partial charge in [0.05, 0.1) is 5.56 Å². The molecule has 0 bridgehead atoms. The molecule has 1 amide bonds. The van der Waals surface area contributed by atoms with Crippen LogP contribution in [0.3, 0.4) is 0 Å². The molecule has 30 heavy (non-hydrogen) atoms. The third-order valence-electron chi connectivity index (χ3n) is 4.17. The first kappa shape index (κ1) is 22.2. The number of hydrogen-bond acceptors (Lipinski definition) is 8. The van der Waals surface area contributed by atoms with Gasteiger partial charge in [0.2, 0.25) is 5.95 Å². The fourth-order valence-electron chi connectivity index (χ4n) is 2.61. The van der Waals surface area contributed by atoms with Crippen LogP contribution in [0.5, 0.6) is 0 Å². The number of H-pyrrole nitrogens is 1. The van der Waals surface area contributed by atoms with Crippen molar-refractivity contribution in [1.82, 2.24) is 15.3 Å². The van der Waals surface area contributed by atoms with Crippen molar-refractivity contribution in [3.8, 4) is 0 Å². The maximum Gasteiger partial charge on any atom is 0.326 e. The summed E-state index contributed by atoms with van der Waals surface area (Å²) in [6, 6.07) is 4.89. The lowest BCUT2D eigenvalue weighted by atomic mass is 10.1. The fraction of sp³-hybridized carbons (Fsp3) is 0.278. The van der Waals surface area contributed by atoms with Crippen LogP contribution in [0.15, 0.2) is 29.1 Å². The minimum absolute atomic E-state index is 0.0564. The van der Waals surface area contributed by atoms with Crippen LogP contribution < -0.4 is 27.7 Å². The average Bonchev–Trinajstić information content (AvgIpc) is 2.67. The molecule has 1 heterocycles. The normalized spacial score (nSPS) is 11.5. The van der Waals surface area contributed by atoms with Crippen molar-refractivity contribution < 1.29 is 24.6 Å². The monoisotopic (exact) mass is 418 g/mol. The minimum atomic E-state index is -1.31. The second-order valence-corrected chi connectivity index (χ2v) is 6.37. The predicted molar refractivity (Wildman–Crippen MR) is 108 cm³/mol. The van der Waals surface area contributed by atoms with Crippen LogP contribution in [0.4, 0.5) is 17.5 Å². The number of hydrogen-bond donors (Lipinski definition) is 7. The number of carboxylic acids is 2.